The Morgan fingerprint density at radius 2 is 2.32 bits per heavy atom. The molecule has 1 aromatic rings. The second-order valence-electron chi connectivity index (χ2n) is 5.66. The van der Waals surface area contributed by atoms with Crippen LogP contribution in [0, 0.1) is 6.92 Å². The summed E-state index contributed by atoms with van der Waals surface area (Å²) in [7, 11) is 1.86. The van der Waals surface area contributed by atoms with Gasteiger partial charge in [0.25, 0.3) is 0 Å². The molecule has 0 saturated heterocycles. The topological polar surface area (TPSA) is 34.2 Å². The molecule has 1 fully saturated rings. The Balaban J connectivity index is 1.94. The Labute approximate surface area is 120 Å². The van der Waals surface area contributed by atoms with Crippen molar-refractivity contribution in [2.75, 3.05) is 13.7 Å². The summed E-state index contributed by atoms with van der Waals surface area (Å²) in [6, 6.07) is 0.488. The maximum atomic E-state index is 5.77. The lowest BCUT2D eigenvalue weighted by Gasteiger charge is -2.43. The molecule has 0 amide bonds. The zero-order valence-corrected chi connectivity index (χ0v) is 13.2. The smallest absolute Gasteiger partial charge is 0.0897 e. The molecule has 1 atom stereocenters. The van der Waals surface area contributed by atoms with Crippen molar-refractivity contribution in [2.45, 2.75) is 64.0 Å². The van der Waals surface area contributed by atoms with E-state index in [9.17, 15) is 0 Å². The minimum atomic E-state index is 0.135. The number of hydrogen-bond donors (Lipinski definition) is 1. The first-order valence-electron chi connectivity index (χ1n) is 7.37. The van der Waals surface area contributed by atoms with Gasteiger partial charge in [-0.15, -0.1) is 11.3 Å². The fourth-order valence-corrected chi connectivity index (χ4v) is 3.46. The fraction of sp³-hybridized carbons (Fsp3) is 0.800. The van der Waals surface area contributed by atoms with Crippen molar-refractivity contribution in [3.8, 4) is 0 Å². The molecule has 2 rings (SSSR count). The van der Waals surface area contributed by atoms with Crippen LogP contribution in [-0.4, -0.2) is 30.3 Å². The molecule has 1 aliphatic carbocycles. The van der Waals surface area contributed by atoms with Gasteiger partial charge in [-0.1, -0.05) is 6.92 Å². The summed E-state index contributed by atoms with van der Waals surface area (Å²) in [5.74, 6) is 0. The number of rotatable bonds is 8. The number of ether oxygens (including phenoxy) is 1. The van der Waals surface area contributed by atoms with Crippen LogP contribution in [-0.2, 0) is 11.2 Å². The Morgan fingerprint density at radius 3 is 2.79 bits per heavy atom. The SMILES string of the molecule is CCCNC(Cc1csc(C)n1)CC1(OC)CCC1. The largest absolute Gasteiger partial charge is 0.378 e. The van der Waals surface area contributed by atoms with Gasteiger partial charge >= 0.3 is 0 Å². The van der Waals surface area contributed by atoms with Crippen molar-refractivity contribution < 1.29 is 4.74 Å². The van der Waals surface area contributed by atoms with Crippen LogP contribution in [0.2, 0.25) is 0 Å². The lowest BCUT2D eigenvalue weighted by molar-refractivity contribution is -0.0834. The van der Waals surface area contributed by atoms with E-state index in [-0.39, 0.29) is 5.60 Å². The fourth-order valence-electron chi connectivity index (χ4n) is 2.83. The summed E-state index contributed by atoms with van der Waals surface area (Å²) in [4.78, 5) is 4.60. The molecule has 1 saturated carbocycles. The molecular formula is C15H26N2OS. The zero-order valence-electron chi connectivity index (χ0n) is 12.4. The lowest BCUT2D eigenvalue weighted by Crippen LogP contribution is -2.46. The number of thiazole rings is 1. The van der Waals surface area contributed by atoms with Crippen molar-refractivity contribution >= 4 is 11.3 Å². The monoisotopic (exact) mass is 282 g/mol. The highest BCUT2D eigenvalue weighted by Crippen LogP contribution is 2.39. The van der Waals surface area contributed by atoms with Crippen LogP contribution in [0.5, 0.6) is 0 Å². The van der Waals surface area contributed by atoms with Crippen LogP contribution >= 0.6 is 11.3 Å². The summed E-state index contributed by atoms with van der Waals surface area (Å²) in [6.07, 6.45) is 7.04. The summed E-state index contributed by atoms with van der Waals surface area (Å²) in [5.41, 5.74) is 1.36. The molecule has 0 bridgehead atoms. The Kier molecular flexibility index (Phi) is 5.37. The normalized spacial score (nSPS) is 19.1. The molecule has 0 aromatic carbocycles. The second kappa shape index (κ2) is 6.82. The van der Waals surface area contributed by atoms with Gasteiger partial charge in [0.2, 0.25) is 0 Å². The van der Waals surface area contributed by atoms with E-state index >= 15 is 0 Å². The van der Waals surface area contributed by atoms with E-state index in [1.165, 1.54) is 31.4 Å². The minimum absolute atomic E-state index is 0.135. The van der Waals surface area contributed by atoms with Crippen molar-refractivity contribution in [2.24, 2.45) is 0 Å². The van der Waals surface area contributed by atoms with Gasteiger partial charge in [-0.25, -0.2) is 4.98 Å². The van der Waals surface area contributed by atoms with E-state index in [0.29, 0.717) is 6.04 Å². The van der Waals surface area contributed by atoms with Gasteiger partial charge in [-0.2, -0.15) is 0 Å². The van der Waals surface area contributed by atoms with Gasteiger partial charge in [0.05, 0.1) is 16.3 Å². The van der Waals surface area contributed by atoms with Crippen LogP contribution in [0.25, 0.3) is 0 Å². The van der Waals surface area contributed by atoms with E-state index in [0.717, 1.165) is 24.4 Å². The first kappa shape index (κ1) is 14.9. The van der Waals surface area contributed by atoms with E-state index in [1.807, 2.05) is 7.11 Å². The van der Waals surface area contributed by atoms with Crippen LogP contribution in [0.4, 0.5) is 0 Å². The molecule has 0 spiro atoms. The third-order valence-electron chi connectivity index (χ3n) is 4.12. The van der Waals surface area contributed by atoms with E-state index in [4.69, 9.17) is 4.74 Å². The first-order chi connectivity index (χ1) is 9.17. The maximum Gasteiger partial charge on any atom is 0.0897 e. The van der Waals surface area contributed by atoms with Gasteiger partial charge in [0.15, 0.2) is 0 Å². The second-order valence-corrected chi connectivity index (χ2v) is 6.72. The first-order valence-corrected chi connectivity index (χ1v) is 8.25. The summed E-state index contributed by atoms with van der Waals surface area (Å²) >= 11 is 1.74. The molecule has 4 heteroatoms. The average Bonchev–Trinajstić information content (AvgIpc) is 2.76. The van der Waals surface area contributed by atoms with Crippen molar-refractivity contribution in [3.05, 3.63) is 16.1 Å². The predicted octanol–water partition coefficient (Wildman–Crippen LogP) is 3.32. The zero-order chi connectivity index (χ0) is 13.7. The highest BCUT2D eigenvalue weighted by atomic mass is 32.1. The van der Waals surface area contributed by atoms with Gasteiger partial charge in [0.1, 0.15) is 0 Å². The molecule has 1 heterocycles. The van der Waals surface area contributed by atoms with Crippen molar-refractivity contribution in [1.29, 1.82) is 0 Å². The Morgan fingerprint density at radius 1 is 1.53 bits per heavy atom. The number of hydrogen-bond acceptors (Lipinski definition) is 4. The summed E-state index contributed by atoms with van der Waals surface area (Å²) < 4.78 is 5.77. The number of aryl methyl sites for hydroxylation is 1. The minimum Gasteiger partial charge on any atom is -0.378 e. The van der Waals surface area contributed by atoms with E-state index in [1.54, 1.807) is 11.3 Å². The van der Waals surface area contributed by atoms with Crippen LogP contribution in [0.1, 0.15) is 49.7 Å². The van der Waals surface area contributed by atoms with Crippen molar-refractivity contribution in [1.82, 2.24) is 10.3 Å². The maximum absolute atomic E-state index is 5.77. The Hall–Kier alpha value is -0.450. The van der Waals surface area contributed by atoms with Gasteiger partial charge in [0, 0.05) is 25.0 Å². The lowest BCUT2D eigenvalue weighted by atomic mass is 9.75. The Bertz CT molecular complexity index is 382. The van der Waals surface area contributed by atoms with Gasteiger partial charge in [-0.05, 0) is 45.6 Å². The highest BCUT2D eigenvalue weighted by Gasteiger charge is 2.38. The third kappa shape index (κ3) is 4.01. The van der Waals surface area contributed by atoms with Gasteiger partial charge < -0.3 is 10.1 Å². The number of nitrogens with one attached hydrogen (secondary N) is 1. The number of methoxy groups -OCH3 is 1. The van der Waals surface area contributed by atoms with E-state index < -0.39 is 0 Å². The predicted molar refractivity (Wildman–Crippen MR) is 80.8 cm³/mol. The molecular weight excluding hydrogens is 256 g/mol. The molecule has 1 N–H and O–H groups in total. The quantitative estimate of drug-likeness (QED) is 0.794. The third-order valence-corrected chi connectivity index (χ3v) is 4.94. The number of nitrogens with zero attached hydrogens (tertiary/aromatic N) is 1. The molecule has 1 unspecified atom stereocenters. The molecule has 0 radical (unpaired) electrons. The molecule has 3 nitrogen and oxygen atoms in total. The van der Waals surface area contributed by atoms with Gasteiger partial charge in [-0.3, -0.25) is 0 Å². The van der Waals surface area contributed by atoms with Crippen LogP contribution in [0.15, 0.2) is 5.38 Å². The summed E-state index contributed by atoms with van der Waals surface area (Å²) in [6.45, 7) is 5.37. The standard InChI is InChI=1S/C15H26N2OS/c1-4-8-16-13(9-14-11-19-12(2)17-14)10-15(18-3)6-5-7-15/h11,13,16H,4-10H2,1-3H3. The highest BCUT2D eigenvalue weighted by molar-refractivity contribution is 7.09. The van der Waals surface area contributed by atoms with E-state index in [2.05, 4.69) is 29.5 Å². The molecule has 108 valence electrons. The summed E-state index contributed by atoms with van der Waals surface area (Å²) in [5, 5.41) is 7.02. The molecule has 1 aromatic heterocycles. The van der Waals surface area contributed by atoms with Crippen LogP contribution < -0.4 is 5.32 Å². The molecule has 19 heavy (non-hydrogen) atoms. The molecule has 0 aliphatic heterocycles. The van der Waals surface area contributed by atoms with Crippen LogP contribution in [0.3, 0.4) is 0 Å². The number of aromatic nitrogens is 1. The average molecular weight is 282 g/mol. The van der Waals surface area contributed by atoms with Crippen molar-refractivity contribution in [3.63, 3.8) is 0 Å². The molecule has 1 aliphatic rings.